The standard InChI is InChI=1S/C23H27N7O2/c1-23(2,32)18-6-5-7-19(26-18)30-20-17(21(31)28-30)14-24-22(27-20)25-16-10-8-15(9-11-16)12-13-29(3)4/h5-11,14,32H,12-13H2,1-4H3,(H,28,31)(H,24,25,27). The Morgan fingerprint density at radius 3 is 2.56 bits per heavy atom. The Kier molecular flexibility index (Phi) is 5.77. The monoisotopic (exact) mass is 433 g/mol. The zero-order valence-corrected chi connectivity index (χ0v) is 18.6. The highest BCUT2D eigenvalue weighted by Gasteiger charge is 2.19. The molecule has 3 aromatic heterocycles. The molecule has 0 fully saturated rings. The third kappa shape index (κ3) is 4.68. The van der Waals surface area contributed by atoms with Crippen LogP contribution in [0.4, 0.5) is 11.6 Å². The number of aromatic nitrogens is 5. The molecule has 0 bridgehead atoms. The zero-order chi connectivity index (χ0) is 22.9. The molecular weight excluding hydrogens is 406 g/mol. The molecule has 0 radical (unpaired) electrons. The van der Waals surface area contributed by atoms with Crippen LogP contribution in [-0.2, 0) is 12.0 Å². The highest BCUT2D eigenvalue weighted by atomic mass is 16.3. The second kappa shape index (κ2) is 8.52. The van der Waals surface area contributed by atoms with Crippen LogP contribution >= 0.6 is 0 Å². The zero-order valence-electron chi connectivity index (χ0n) is 18.6. The fourth-order valence-corrected chi connectivity index (χ4v) is 3.27. The second-order valence-electron chi connectivity index (χ2n) is 8.52. The minimum atomic E-state index is -1.11. The molecule has 0 aliphatic rings. The molecule has 3 N–H and O–H groups in total. The first-order valence-electron chi connectivity index (χ1n) is 10.4. The van der Waals surface area contributed by atoms with Gasteiger partial charge in [-0.1, -0.05) is 18.2 Å². The maximum atomic E-state index is 12.4. The molecule has 1 aromatic carbocycles. The Labute approximate surface area is 185 Å². The van der Waals surface area contributed by atoms with E-state index in [1.807, 2.05) is 12.1 Å². The van der Waals surface area contributed by atoms with Crippen LogP contribution < -0.4 is 10.9 Å². The molecule has 32 heavy (non-hydrogen) atoms. The Hall–Kier alpha value is -3.56. The van der Waals surface area contributed by atoms with Crippen LogP contribution in [0.5, 0.6) is 0 Å². The van der Waals surface area contributed by atoms with Crippen molar-refractivity contribution in [1.29, 1.82) is 0 Å². The number of hydrogen-bond donors (Lipinski definition) is 3. The SMILES string of the molecule is CN(C)CCc1ccc(Nc2ncc3c(=O)[nH]n(-c4cccc(C(C)(C)O)n4)c3n2)cc1. The van der Waals surface area contributed by atoms with E-state index in [2.05, 4.69) is 56.5 Å². The fraction of sp³-hybridized carbons (Fsp3) is 0.304. The number of H-pyrrole nitrogens is 1. The normalized spacial score (nSPS) is 11.9. The number of aromatic amines is 1. The van der Waals surface area contributed by atoms with Crippen LogP contribution in [0.2, 0.25) is 0 Å². The van der Waals surface area contributed by atoms with E-state index < -0.39 is 5.60 Å². The number of benzene rings is 1. The maximum absolute atomic E-state index is 12.4. The summed E-state index contributed by atoms with van der Waals surface area (Å²) in [5.74, 6) is 0.816. The van der Waals surface area contributed by atoms with Crippen LogP contribution in [0.3, 0.4) is 0 Å². The molecule has 0 amide bonds. The van der Waals surface area contributed by atoms with Gasteiger partial charge in [0.25, 0.3) is 5.56 Å². The molecule has 4 aromatic rings. The molecule has 9 heteroatoms. The molecule has 0 aliphatic heterocycles. The summed E-state index contributed by atoms with van der Waals surface area (Å²) < 4.78 is 1.50. The van der Waals surface area contributed by atoms with Gasteiger partial charge in [0.1, 0.15) is 11.0 Å². The Morgan fingerprint density at radius 2 is 1.88 bits per heavy atom. The molecule has 166 valence electrons. The highest BCUT2D eigenvalue weighted by molar-refractivity contribution is 5.76. The first kappa shape index (κ1) is 21.7. The number of nitrogens with zero attached hydrogens (tertiary/aromatic N) is 5. The predicted octanol–water partition coefficient (Wildman–Crippen LogP) is 2.58. The summed E-state index contributed by atoms with van der Waals surface area (Å²) in [5.41, 5.74) is 1.56. The number of nitrogens with one attached hydrogen (secondary N) is 2. The molecular formula is C23H27N7O2. The predicted molar refractivity (Wildman–Crippen MR) is 125 cm³/mol. The summed E-state index contributed by atoms with van der Waals surface area (Å²) in [6.45, 7) is 4.30. The van der Waals surface area contributed by atoms with Gasteiger partial charge in [-0.3, -0.25) is 9.89 Å². The molecule has 0 atom stereocenters. The quantitative estimate of drug-likeness (QED) is 0.411. The molecule has 3 heterocycles. The molecule has 0 spiro atoms. The average molecular weight is 434 g/mol. The number of aliphatic hydroxyl groups is 1. The van der Waals surface area contributed by atoms with Crippen molar-refractivity contribution in [3.05, 3.63) is 70.3 Å². The van der Waals surface area contributed by atoms with Gasteiger partial charge in [-0.05, 0) is 64.2 Å². The van der Waals surface area contributed by atoms with E-state index in [9.17, 15) is 9.90 Å². The van der Waals surface area contributed by atoms with Crippen molar-refractivity contribution in [3.63, 3.8) is 0 Å². The van der Waals surface area contributed by atoms with Crippen LogP contribution in [0.1, 0.15) is 25.1 Å². The van der Waals surface area contributed by atoms with Gasteiger partial charge in [-0.2, -0.15) is 4.98 Å². The van der Waals surface area contributed by atoms with Crippen molar-refractivity contribution in [2.75, 3.05) is 26.0 Å². The lowest BCUT2D eigenvalue weighted by Gasteiger charge is -2.17. The third-order valence-electron chi connectivity index (χ3n) is 5.09. The lowest BCUT2D eigenvalue weighted by molar-refractivity contribution is 0.0738. The van der Waals surface area contributed by atoms with Gasteiger partial charge in [-0.15, -0.1) is 0 Å². The number of pyridine rings is 1. The number of anilines is 2. The van der Waals surface area contributed by atoms with Gasteiger partial charge in [-0.25, -0.2) is 14.6 Å². The topological polar surface area (TPSA) is 112 Å². The maximum Gasteiger partial charge on any atom is 0.275 e. The van der Waals surface area contributed by atoms with Crippen molar-refractivity contribution in [2.45, 2.75) is 25.9 Å². The van der Waals surface area contributed by atoms with Crippen molar-refractivity contribution < 1.29 is 5.11 Å². The molecule has 0 saturated heterocycles. The summed E-state index contributed by atoms with van der Waals surface area (Å²) in [7, 11) is 4.11. The van der Waals surface area contributed by atoms with Crippen molar-refractivity contribution >= 4 is 22.7 Å². The highest BCUT2D eigenvalue weighted by Crippen LogP contribution is 2.21. The van der Waals surface area contributed by atoms with Crippen molar-refractivity contribution in [2.24, 2.45) is 0 Å². The van der Waals surface area contributed by atoms with Crippen LogP contribution in [-0.4, -0.2) is 55.4 Å². The molecule has 0 unspecified atom stereocenters. The molecule has 4 rings (SSSR count). The van der Waals surface area contributed by atoms with Gasteiger partial charge >= 0.3 is 0 Å². The number of hydrogen-bond acceptors (Lipinski definition) is 7. The summed E-state index contributed by atoms with van der Waals surface area (Å²) in [5, 5.41) is 16.6. The first-order chi connectivity index (χ1) is 15.2. The van der Waals surface area contributed by atoms with E-state index in [-0.39, 0.29) is 5.56 Å². The third-order valence-corrected chi connectivity index (χ3v) is 5.09. The summed E-state index contributed by atoms with van der Waals surface area (Å²) in [6.07, 6.45) is 2.47. The van der Waals surface area contributed by atoms with Crippen molar-refractivity contribution in [1.82, 2.24) is 29.6 Å². The van der Waals surface area contributed by atoms with Crippen molar-refractivity contribution in [3.8, 4) is 5.82 Å². The number of rotatable bonds is 7. The molecule has 0 saturated carbocycles. The fourth-order valence-electron chi connectivity index (χ4n) is 3.27. The minimum Gasteiger partial charge on any atom is -0.384 e. The Morgan fingerprint density at radius 1 is 1.12 bits per heavy atom. The van der Waals surface area contributed by atoms with E-state index in [4.69, 9.17) is 0 Å². The molecule has 9 nitrogen and oxygen atoms in total. The van der Waals surface area contributed by atoms with Gasteiger partial charge in [0.2, 0.25) is 5.95 Å². The van der Waals surface area contributed by atoms with Crippen LogP contribution in [0.15, 0.2) is 53.5 Å². The summed E-state index contributed by atoms with van der Waals surface area (Å²) in [4.78, 5) is 27.9. The lowest BCUT2D eigenvalue weighted by Crippen LogP contribution is -2.18. The van der Waals surface area contributed by atoms with Gasteiger partial charge < -0.3 is 15.3 Å². The smallest absolute Gasteiger partial charge is 0.275 e. The Balaban J connectivity index is 1.64. The van der Waals surface area contributed by atoms with E-state index >= 15 is 0 Å². The van der Waals surface area contributed by atoms with E-state index in [1.165, 1.54) is 16.4 Å². The van der Waals surface area contributed by atoms with E-state index in [1.54, 1.807) is 32.0 Å². The van der Waals surface area contributed by atoms with Crippen LogP contribution in [0, 0.1) is 0 Å². The summed E-state index contributed by atoms with van der Waals surface area (Å²) >= 11 is 0. The summed E-state index contributed by atoms with van der Waals surface area (Å²) in [6, 6.07) is 13.4. The first-order valence-corrected chi connectivity index (χ1v) is 10.4. The van der Waals surface area contributed by atoms with Gasteiger partial charge in [0.05, 0.1) is 5.69 Å². The number of fused-ring (bicyclic) bond motifs is 1. The average Bonchev–Trinajstić information content (AvgIpc) is 3.08. The van der Waals surface area contributed by atoms with Crippen LogP contribution in [0.25, 0.3) is 16.9 Å². The van der Waals surface area contributed by atoms with E-state index in [0.29, 0.717) is 28.5 Å². The number of likely N-dealkylation sites (N-methyl/N-ethyl adjacent to an activating group) is 1. The molecule has 0 aliphatic carbocycles. The van der Waals surface area contributed by atoms with Gasteiger partial charge in [0.15, 0.2) is 11.5 Å². The largest absolute Gasteiger partial charge is 0.384 e. The second-order valence-corrected chi connectivity index (χ2v) is 8.52. The lowest BCUT2D eigenvalue weighted by atomic mass is 10.1. The van der Waals surface area contributed by atoms with Gasteiger partial charge in [0, 0.05) is 18.4 Å². The van der Waals surface area contributed by atoms with E-state index in [0.717, 1.165) is 18.7 Å². The minimum absolute atomic E-state index is 0.313. The Bertz CT molecular complexity index is 1280.